The van der Waals surface area contributed by atoms with E-state index in [1.54, 1.807) is 29.3 Å². The number of nitrogens with zero attached hydrogens (tertiary/aromatic N) is 5. The summed E-state index contributed by atoms with van der Waals surface area (Å²) in [6, 6.07) is 15.2. The van der Waals surface area contributed by atoms with Crippen LogP contribution in [0.25, 0.3) is 22.5 Å². The molecule has 1 aliphatic heterocycles. The first-order valence-corrected chi connectivity index (χ1v) is 18.6. The molecule has 5 aromatic rings. The van der Waals surface area contributed by atoms with Crippen LogP contribution in [0, 0.1) is 25.2 Å². The Morgan fingerprint density at radius 3 is 2.54 bits per heavy atom. The van der Waals surface area contributed by atoms with Crippen molar-refractivity contribution in [2.24, 2.45) is 11.3 Å². The lowest BCUT2D eigenvalue weighted by molar-refractivity contribution is 0.0537. The first kappa shape index (κ1) is 33.6. The van der Waals surface area contributed by atoms with Gasteiger partial charge in [0.15, 0.2) is 0 Å². The van der Waals surface area contributed by atoms with Gasteiger partial charge in [0.1, 0.15) is 17.9 Å². The third-order valence-corrected chi connectivity index (χ3v) is 11.0. The highest BCUT2D eigenvalue weighted by Crippen LogP contribution is 2.49. The summed E-state index contributed by atoms with van der Waals surface area (Å²) in [6.07, 6.45) is 6.17. The molecule has 1 saturated carbocycles. The first-order valence-electron chi connectivity index (χ1n) is 17.1. The summed E-state index contributed by atoms with van der Waals surface area (Å²) in [5.74, 6) is 1.12. The molecule has 11 nitrogen and oxygen atoms in total. The Balaban J connectivity index is 0.00000448. The Bertz CT molecular complexity index is 2180. The molecule has 2 aromatic carbocycles. The van der Waals surface area contributed by atoms with Crippen LogP contribution >= 0.6 is 0 Å². The van der Waals surface area contributed by atoms with Crippen LogP contribution in [0.2, 0.25) is 0 Å². The smallest absolute Gasteiger partial charge is 0.264 e. The molecule has 0 radical (unpaired) electrons. The van der Waals surface area contributed by atoms with Crippen molar-refractivity contribution >= 4 is 33.1 Å². The lowest BCUT2D eigenvalue weighted by Gasteiger charge is -2.33. The molecule has 4 bridgehead atoms. The molecular formula is C38H44N6O5S. The zero-order valence-corrected chi connectivity index (χ0v) is 29.9. The topological polar surface area (TPSA) is 140 Å². The number of nitrogens with one attached hydrogen (secondary N) is 1. The molecular weight excluding hydrogens is 653 g/mol. The van der Waals surface area contributed by atoms with Gasteiger partial charge in [0, 0.05) is 31.1 Å². The Labute approximate surface area is 294 Å². The van der Waals surface area contributed by atoms with Gasteiger partial charge in [0.2, 0.25) is 17.5 Å². The molecule has 1 aliphatic carbocycles. The number of carbonyl (C=O) groups is 1. The maximum absolute atomic E-state index is 14.5. The first-order chi connectivity index (χ1) is 23.9. The minimum absolute atomic E-state index is 0. The number of benzene rings is 2. The number of carbonyl (C=O) groups excluding carboxylic acids is 1. The maximum atomic E-state index is 14.5. The summed E-state index contributed by atoms with van der Waals surface area (Å²) < 4.78 is 42.4. The van der Waals surface area contributed by atoms with E-state index in [1.165, 1.54) is 12.1 Å². The average molecular weight is 697 g/mol. The third-order valence-electron chi connectivity index (χ3n) is 9.65. The molecule has 50 heavy (non-hydrogen) atoms. The van der Waals surface area contributed by atoms with Crippen LogP contribution in [-0.2, 0) is 23.0 Å². The maximum Gasteiger partial charge on any atom is 0.264 e. The van der Waals surface area contributed by atoms with E-state index in [1.807, 2.05) is 38.1 Å². The van der Waals surface area contributed by atoms with E-state index in [0.717, 1.165) is 48.1 Å². The van der Waals surface area contributed by atoms with Gasteiger partial charge in [-0.3, -0.25) is 4.79 Å². The van der Waals surface area contributed by atoms with Crippen LogP contribution in [0.4, 0.5) is 5.95 Å². The third kappa shape index (κ3) is 7.21. The van der Waals surface area contributed by atoms with Crippen molar-refractivity contribution in [3.05, 3.63) is 88.9 Å². The Kier molecular flexibility index (Phi) is 8.83. The second-order valence-electron chi connectivity index (χ2n) is 14.4. The number of amides is 1. The van der Waals surface area contributed by atoms with Gasteiger partial charge in [-0.2, -0.15) is 4.98 Å². The molecule has 0 unspecified atom stereocenters. The molecule has 4 heterocycles. The van der Waals surface area contributed by atoms with Gasteiger partial charge in [-0.25, -0.2) is 28.1 Å². The van der Waals surface area contributed by atoms with Gasteiger partial charge in [0.05, 0.1) is 35.1 Å². The van der Waals surface area contributed by atoms with Crippen LogP contribution in [0.5, 0.6) is 5.88 Å². The Morgan fingerprint density at radius 1 is 1.04 bits per heavy atom. The van der Waals surface area contributed by atoms with Crippen LogP contribution in [0.3, 0.4) is 0 Å². The largest absolute Gasteiger partial charge is 0.475 e. The van der Waals surface area contributed by atoms with Crippen molar-refractivity contribution in [2.75, 3.05) is 11.3 Å². The SMILES string of the molecule is Cc1cccc(C)c1-c1cc2nc(n1)NS(=O)(=O)c1cccc(c1)C(=O)N(Cc1cnc3oc(CCC(C)C)cc3n1)[C@H](CC1(C)CC1)CO2.[HH]. The second-order valence-corrected chi connectivity index (χ2v) is 16.1. The number of rotatable bonds is 8. The van der Waals surface area contributed by atoms with Gasteiger partial charge in [-0.15, -0.1) is 0 Å². The highest BCUT2D eigenvalue weighted by molar-refractivity contribution is 7.92. The van der Waals surface area contributed by atoms with E-state index in [2.05, 4.69) is 40.4 Å². The molecule has 0 saturated heterocycles. The van der Waals surface area contributed by atoms with E-state index < -0.39 is 16.1 Å². The van der Waals surface area contributed by atoms with E-state index in [9.17, 15) is 13.2 Å². The number of hydrogen-bond acceptors (Lipinski definition) is 9. The van der Waals surface area contributed by atoms with Crippen LogP contribution in [0.15, 0.2) is 70.1 Å². The van der Waals surface area contributed by atoms with Gasteiger partial charge < -0.3 is 14.1 Å². The summed E-state index contributed by atoms with van der Waals surface area (Å²) >= 11 is 0. The number of sulfonamides is 1. The Morgan fingerprint density at radius 2 is 1.80 bits per heavy atom. The molecule has 0 spiro atoms. The summed E-state index contributed by atoms with van der Waals surface area (Å²) in [5, 5.41) is 0. The minimum Gasteiger partial charge on any atom is -0.475 e. The van der Waals surface area contributed by atoms with Gasteiger partial charge in [0.25, 0.3) is 15.9 Å². The molecule has 1 atom stereocenters. The van der Waals surface area contributed by atoms with Crippen LogP contribution in [-0.4, -0.2) is 51.8 Å². The van der Waals surface area contributed by atoms with Gasteiger partial charge in [-0.1, -0.05) is 45.0 Å². The molecule has 12 heteroatoms. The van der Waals surface area contributed by atoms with E-state index in [4.69, 9.17) is 14.1 Å². The summed E-state index contributed by atoms with van der Waals surface area (Å²) in [4.78, 5) is 34.7. The predicted molar refractivity (Wildman–Crippen MR) is 192 cm³/mol. The molecule has 262 valence electrons. The number of fused-ring (bicyclic) bond motifs is 5. The number of hydrogen-bond donors (Lipinski definition) is 1. The number of aryl methyl sites for hydroxylation is 3. The van der Waals surface area contributed by atoms with Crippen molar-refractivity contribution < 1.29 is 23.8 Å². The van der Waals surface area contributed by atoms with Crippen molar-refractivity contribution in [3.63, 3.8) is 0 Å². The lowest BCUT2D eigenvalue weighted by atomic mass is 9.97. The molecule has 1 amide bonds. The lowest BCUT2D eigenvalue weighted by Crippen LogP contribution is -2.44. The fourth-order valence-corrected chi connectivity index (χ4v) is 7.53. The normalized spacial score (nSPS) is 18.2. The van der Waals surface area contributed by atoms with Crippen LogP contribution in [0.1, 0.15) is 80.8 Å². The quantitative estimate of drug-likeness (QED) is 0.174. The van der Waals surface area contributed by atoms with Gasteiger partial charge in [-0.05, 0) is 80.2 Å². The molecule has 2 aliphatic rings. The summed E-state index contributed by atoms with van der Waals surface area (Å²) in [7, 11) is -4.18. The van der Waals surface area contributed by atoms with E-state index in [-0.39, 0.29) is 48.2 Å². The molecule has 3 aromatic heterocycles. The van der Waals surface area contributed by atoms with Gasteiger partial charge >= 0.3 is 0 Å². The van der Waals surface area contributed by atoms with Crippen molar-refractivity contribution in [1.82, 2.24) is 24.8 Å². The van der Waals surface area contributed by atoms with Crippen LogP contribution < -0.4 is 9.46 Å². The highest BCUT2D eigenvalue weighted by atomic mass is 32.2. The zero-order valence-electron chi connectivity index (χ0n) is 29.1. The average Bonchev–Trinajstić information content (AvgIpc) is 3.65. The van der Waals surface area contributed by atoms with Crippen molar-refractivity contribution in [2.45, 2.75) is 84.2 Å². The second kappa shape index (κ2) is 13.1. The number of anilines is 1. The number of ether oxygens (including phenoxy) is 1. The fourth-order valence-electron chi connectivity index (χ4n) is 6.54. The van der Waals surface area contributed by atoms with E-state index in [0.29, 0.717) is 35.0 Å². The van der Waals surface area contributed by atoms with E-state index >= 15 is 0 Å². The number of aromatic nitrogens is 4. The highest BCUT2D eigenvalue weighted by Gasteiger charge is 2.42. The standard InChI is InChI=1S/C38H42N6O5S.H2/c1-23(2)12-13-29-17-32-35(49-29)39-20-27(40-32)21-44-28(19-38(5)14-15-38)22-48-33-18-31(34-24(3)8-6-9-25(34)4)41-37(42-33)43-50(46,47)30-11-7-10-26(16-30)36(44)45;/h6-11,16-18,20,23,28H,12-15,19,21-22H2,1-5H3,(H,41,42,43);1H/t28-;/m1./s1. The minimum atomic E-state index is -4.18. The number of furan rings is 1. The predicted octanol–water partition coefficient (Wildman–Crippen LogP) is 7.53. The molecule has 1 N–H and O–H groups in total. The Hall–Kier alpha value is -4.84. The zero-order chi connectivity index (χ0) is 35.2. The summed E-state index contributed by atoms with van der Waals surface area (Å²) in [5.41, 5.74) is 5.31. The molecule has 7 rings (SSSR count). The monoisotopic (exact) mass is 696 g/mol. The molecule has 1 fully saturated rings. The summed E-state index contributed by atoms with van der Waals surface area (Å²) in [6.45, 7) is 10.8. The fraction of sp³-hybridized carbons (Fsp3) is 0.395. The van der Waals surface area contributed by atoms with Crippen molar-refractivity contribution in [1.29, 1.82) is 0 Å². The van der Waals surface area contributed by atoms with Crippen molar-refractivity contribution in [3.8, 4) is 17.1 Å².